The number of hydrogen-bond acceptors (Lipinski definition) is 5. The number of rotatable bonds is 7. The molecule has 0 atom stereocenters. The lowest BCUT2D eigenvalue weighted by Crippen LogP contribution is -2.41. The van der Waals surface area contributed by atoms with E-state index in [1.165, 1.54) is 0 Å². The molecule has 6 nitrogen and oxygen atoms in total. The van der Waals surface area contributed by atoms with E-state index in [0.29, 0.717) is 30.9 Å². The Kier molecular flexibility index (Phi) is 6.81. The summed E-state index contributed by atoms with van der Waals surface area (Å²) in [5.41, 5.74) is 1.84. The van der Waals surface area contributed by atoms with Crippen LogP contribution in [-0.2, 0) is 16.0 Å². The Balaban J connectivity index is 1.58. The van der Waals surface area contributed by atoms with Crippen molar-refractivity contribution in [2.45, 2.75) is 17.7 Å². The highest BCUT2D eigenvalue weighted by Crippen LogP contribution is 2.33. The molecule has 0 saturated carbocycles. The van der Waals surface area contributed by atoms with Crippen LogP contribution in [0.5, 0.6) is 11.5 Å². The van der Waals surface area contributed by atoms with Gasteiger partial charge < -0.3 is 19.7 Å². The molecule has 2 aromatic rings. The number of carbonyl (C=O) groups is 2. The topological polar surface area (TPSA) is 67.9 Å². The molecule has 0 radical (unpaired) electrons. The van der Waals surface area contributed by atoms with Crippen molar-refractivity contribution >= 4 is 29.3 Å². The molecule has 0 fully saturated rings. The van der Waals surface area contributed by atoms with Crippen molar-refractivity contribution in [2.75, 3.05) is 38.0 Å². The van der Waals surface area contributed by atoms with Crippen molar-refractivity contribution < 1.29 is 19.1 Å². The first-order valence-electron chi connectivity index (χ1n) is 9.12. The Hall–Kier alpha value is -2.67. The molecule has 148 valence electrons. The second-order valence-electron chi connectivity index (χ2n) is 6.34. The number of nitrogens with zero attached hydrogens (tertiary/aromatic N) is 1. The number of nitrogens with one attached hydrogen (secondary N) is 1. The van der Waals surface area contributed by atoms with Gasteiger partial charge in [-0.3, -0.25) is 9.59 Å². The number of benzene rings is 2. The molecule has 2 amide bonds. The average Bonchev–Trinajstić information content (AvgIpc) is 2.87. The third-order valence-electron chi connectivity index (χ3n) is 4.52. The predicted octanol–water partition coefficient (Wildman–Crippen LogP) is 2.89. The summed E-state index contributed by atoms with van der Waals surface area (Å²) in [7, 11) is 3.19. The second-order valence-corrected chi connectivity index (χ2v) is 7.47. The van der Waals surface area contributed by atoms with E-state index in [-0.39, 0.29) is 18.4 Å². The molecule has 1 aliphatic rings. The van der Waals surface area contributed by atoms with Gasteiger partial charge in [-0.15, -0.1) is 11.8 Å². The molecule has 1 N–H and O–H groups in total. The van der Waals surface area contributed by atoms with Crippen LogP contribution in [0.2, 0.25) is 0 Å². The monoisotopic (exact) mass is 400 g/mol. The number of carbonyl (C=O) groups excluding carboxylic acids is 2. The standard InChI is InChI=1S/C21H24N2O4S/c1-26-17-8-7-15(13-18(17)27-2)9-11-22-20(24)14-23-16-5-3-4-6-19(16)28-12-10-21(23)25/h3-8,13H,9-12,14H2,1-2H3,(H,22,24). The van der Waals surface area contributed by atoms with Crippen molar-refractivity contribution in [1.82, 2.24) is 5.32 Å². The van der Waals surface area contributed by atoms with Gasteiger partial charge in [0.25, 0.3) is 0 Å². The molecule has 1 aliphatic heterocycles. The van der Waals surface area contributed by atoms with Gasteiger partial charge in [0, 0.05) is 23.6 Å². The molecule has 1 heterocycles. The van der Waals surface area contributed by atoms with E-state index >= 15 is 0 Å². The van der Waals surface area contributed by atoms with Crippen molar-refractivity contribution in [1.29, 1.82) is 0 Å². The number of amides is 2. The first kappa shape index (κ1) is 20.1. The number of methoxy groups -OCH3 is 2. The zero-order valence-electron chi connectivity index (χ0n) is 16.1. The van der Waals surface area contributed by atoms with Gasteiger partial charge in [-0.1, -0.05) is 18.2 Å². The van der Waals surface area contributed by atoms with Crippen LogP contribution in [0.4, 0.5) is 5.69 Å². The maximum atomic E-state index is 12.4. The minimum atomic E-state index is -0.171. The van der Waals surface area contributed by atoms with E-state index in [4.69, 9.17) is 9.47 Å². The molecule has 28 heavy (non-hydrogen) atoms. The number of fused-ring (bicyclic) bond motifs is 1. The Bertz CT molecular complexity index is 856. The lowest BCUT2D eigenvalue weighted by Gasteiger charge is -2.22. The van der Waals surface area contributed by atoms with Crippen LogP contribution in [-0.4, -0.2) is 44.9 Å². The molecule has 0 spiro atoms. The van der Waals surface area contributed by atoms with Crippen molar-refractivity contribution in [3.63, 3.8) is 0 Å². The summed E-state index contributed by atoms with van der Waals surface area (Å²) in [4.78, 5) is 27.5. The molecule has 3 rings (SSSR count). The fourth-order valence-electron chi connectivity index (χ4n) is 3.08. The number of anilines is 1. The third-order valence-corrected chi connectivity index (χ3v) is 5.58. The Labute approximate surface area is 169 Å². The van der Waals surface area contributed by atoms with Gasteiger partial charge in [-0.05, 0) is 36.2 Å². The maximum absolute atomic E-state index is 12.4. The minimum Gasteiger partial charge on any atom is -0.493 e. The second kappa shape index (κ2) is 9.50. The summed E-state index contributed by atoms with van der Waals surface area (Å²) in [5, 5.41) is 2.90. The highest BCUT2D eigenvalue weighted by atomic mass is 32.2. The quantitative estimate of drug-likeness (QED) is 0.774. The molecule has 0 aliphatic carbocycles. The molecular weight excluding hydrogens is 376 g/mol. The Morgan fingerprint density at radius 1 is 1.14 bits per heavy atom. The van der Waals surface area contributed by atoms with Crippen LogP contribution >= 0.6 is 11.8 Å². The molecule has 0 bridgehead atoms. The summed E-state index contributed by atoms with van der Waals surface area (Å²) in [6.45, 7) is 0.509. The first-order valence-corrected chi connectivity index (χ1v) is 10.1. The third kappa shape index (κ3) is 4.78. The summed E-state index contributed by atoms with van der Waals surface area (Å²) < 4.78 is 10.5. The van der Waals surface area contributed by atoms with Crippen molar-refractivity contribution in [3.05, 3.63) is 48.0 Å². The van der Waals surface area contributed by atoms with Gasteiger partial charge in [0.05, 0.1) is 19.9 Å². The number of hydrogen-bond donors (Lipinski definition) is 1. The fourth-order valence-corrected chi connectivity index (χ4v) is 4.07. The van der Waals surface area contributed by atoms with Gasteiger partial charge in [0.15, 0.2) is 11.5 Å². The highest BCUT2D eigenvalue weighted by Gasteiger charge is 2.24. The number of thioether (sulfide) groups is 1. The molecule has 0 saturated heterocycles. The summed E-state index contributed by atoms with van der Waals surface area (Å²) in [5.74, 6) is 1.87. The van der Waals surface area contributed by atoms with E-state index in [1.807, 2.05) is 42.5 Å². The van der Waals surface area contributed by atoms with E-state index < -0.39 is 0 Å². The highest BCUT2D eigenvalue weighted by molar-refractivity contribution is 7.99. The Morgan fingerprint density at radius 2 is 1.93 bits per heavy atom. The van der Waals surface area contributed by atoms with Gasteiger partial charge in [-0.2, -0.15) is 0 Å². The summed E-state index contributed by atoms with van der Waals surface area (Å²) in [6, 6.07) is 13.4. The summed E-state index contributed by atoms with van der Waals surface area (Å²) in [6.07, 6.45) is 1.09. The van der Waals surface area contributed by atoms with Crippen molar-refractivity contribution in [2.24, 2.45) is 0 Å². The average molecular weight is 401 g/mol. The van der Waals surface area contributed by atoms with Gasteiger partial charge in [-0.25, -0.2) is 0 Å². The SMILES string of the molecule is COc1ccc(CCNC(=O)CN2C(=O)CCSc3ccccc32)cc1OC. The smallest absolute Gasteiger partial charge is 0.240 e. The molecule has 2 aromatic carbocycles. The van der Waals surface area contributed by atoms with Crippen LogP contribution in [0.3, 0.4) is 0 Å². The molecule has 0 aromatic heterocycles. The van der Waals surface area contributed by atoms with Crippen LogP contribution in [0.25, 0.3) is 0 Å². The number of para-hydroxylation sites is 1. The van der Waals surface area contributed by atoms with Gasteiger partial charge in [0.1, 0.15) is 6.54 Å². The molecule has 7 heteroatoms. The lowest BCUT2D eigenvalue weighted by atomic mass is 10.1. The molecule has 0 unspecified atom stereocenters. The predicted molar refractivity (Wildman–Crippen MR) is 110 cm³/mol. The fraction of sp³-hybridized carbons (Fsp3) is 0.333. The minimum absolute atomic E-state index is 0.0208. The Morgan fingerprint density at radius 3 is 2.71 bits per heavy atom. The largest absolute Gasteiger partial charge is 0.493 e. The first-order chi connectivity index (χ1) is 13.6. The van der Waals surface area contributed by atoms with E-state index in [9.17, 15) is 9.59 Å². The maximum Gasteiger partial charge on any atom is 0.240 e. The normalized spacial score (nSPS) is 13.5. The van der Waals surface area contributed by atoms with Crippen molar-refractivity contribution in [3.8, 4) is 11.5 Å². The zero-order valence-corrected chi connectivity index (χ0v) is 16.9. The van der Waals surface area contributed by atoms with E-state index in [2.05, 4.69) is 5.32 Å². The van der Waals surface area contributed by atoms with Gasteiger partial charge in [0.2, 0.25) is 11.8 Å². The summed E-state index contributed by atoms with van der Waals surface area (Å²) >= 11 is 1.65. The van der Waals surface area contributed by atoms with Crippen LogP contribution in [0, 0.1) is 0 Å². The van der Waals surface area contributed by atoms with Crippen LogP contribution in [0.15, 0.2) is 47.4 Å². The van der Waals surface area contributed by atoms with Gasteiger partial charge >= 0.3 is 0 Å². The number of ether oxygens (including phenoxy) is 2. The zero-order chi connectivity index (χ0) is 19.9. The van der Waals surface area contributed by atoms with Crippen LogP contribution < -0.4 is 19.7 Å². The van der Waals surface area contributed by atoms with E-state index in [1.54, 1.807) is 30.9 Å². The molecular formula is C21H24N2O4S. The van der Waals surface area contributed by atoms with E-state index in [0.717, 1.165) is 21.9 Å². The lowest BCUT2D eigenvalue weighted by molar-refractivity contribution is -0.123. The van der Waals surface area contributed by atoms with Crippen LogP contribution in [0.1, 0.15) is 12.0 Å².